The first-order valence-corrected chi connectivity index (χ1v) is 10.3. The highest BCUT2D eigenvalue weighted by atomic mass is 32.2. The third kappa shape index (κ3) is 6.05. The first-order valence-electron chi connectivity index (χ1n) is 8.48. The molecule has 0 unspecified atom stereocenters. The van der Waals surface area contributed by atoms with Crippen molar-refractivity contribution in [2.24, 2.45) is 0 Å². The van der Waals surface area contributed by atoms with Gasteiger partial charge in [-0.25, -0.2) is 12.8 Å². The van der Waals surface area contributed by atoms with E-state index in [4.69, 9.17) is 12.2 Å². The summed E-state index contributed by atoms with van der Waals surface area (Å²) in [7, 11) is -3.70. The number of nitrogens with zero attached hydrogens (tertiary/aromatic N) is 1. The Morgan fingerprint density at radius 2 is 1.59 bits per heavy atom. The zero-order valence-corrected chi connectivity index (χ0v) is 17.1. The van der Waals surface area contributed by atoms with Gasteiger partial charge in [-0.05, 0) is 60.7 Å². The molecule has 0 aliphatic rings. The van der Waals surface area contributed by atoms with E-state index in [9.17, 15) is 17.6 Å². The molecule has 0 saturated carbocycles. The van der Waals surface area contributed by atoms with Gasteiger partial charge in [0.05, 0.1) is 4.90 Å². The van der Waals surface area contributed by atoms with Gasteiger partial charge in [-0.2, -0.15) is 4.31 Å². The van der Waals surface area contributed by atoms with Crippen LogP contribution < -0.4 is 10.6 Å². The second kappa shape index (κ2) is 10.1. The van der Waals surface area contributed by atoms with Gasteiger partial charge in [-0.1, -0.05) is 12.2 Å². The van der Waals surface area contributed by atoms with Crippen LogP contribution in [0.5, 0.6) is 0 Å². The maximum absolute atomic E-state index is 12.9. The molecule has 0 aromatic heterocycles. The quantitative estimate of drug-likeness (QED) is 0.493. The maximum Gasteiger partial charge on any atom is 0.257 e. The summed E-state index contributed by atoms with van der Waals surface area (Å²) >= 11 is 5.09. The molecule has 0 heterocycles. The molecule has 1 amide bonds. The summed E-state index contributed by atoms with van der Waals surface area (Å²) < 4.78 is 39.5. The maximum atomic E-state index is 12.9. The number of halogens is 1. The molecule has 0 saturated heterocycles. The number of carbonyl (C=O) groups is 1. The van der Waals surface area contributed by atoms with Crippen molar-refractivity contribution in [1.82, 2.24) is 9.62 Å². The molecule has 0 atom stereocenters. The van der Waals surface area contributed by atoms with Crippen LogP contribution in [0.1, 0.15) is 10.4 Å². The predicted molar refractivity (Wildman–Crippen MR) is 116 cm³/mol. The van der Waals surface area contributed by atoms with E-state index >= 15 is 0 Å². The zero-order chi connectivity index (χ0) is 21.4. The highest BCUT2D eigenvalue weighted by Gasteiger charge is 2.22. The summed E-state index contributed by atoms with van der Waals surface area (Å²) in [4.78, 5) is 12.2. The molecule has 0 aliphatic carbocycles. The lowest BCUT2D eigenvalue weighted by Crippen LogP contribution is -2.34. The number of anilines is 1. The van der Waals surface area contributed by atoms with Crippen molar-refractivity contribution in [2.45, 2.75) is 4.90 Å². The standard InChI is InChI=1S/C20H20FN3O3S2/c1-3-13-24(14-4-2)29(26,27)18-11-9-17(10-12-18)22-20(28)23-19(25)15-5-7-16(21)8-6-15/h3-12H,1-2,13-14H2,(H2,22,23,25,28). The van der Waals surface area contributed by atoms with E-state index < -0.39 is 21.7 Å². The highest BCUT2D eigenvalue weighted by Crippen LogP contribution is 2.18. The SMILES string of the molecule is C=CCN(CC=C)S(=O)(=O)c1ccc(NC(=S)NC(=O)c2ccc(F)cc2)cc1. The van der Waals surface area contributed by atoms with E-state index in [0.717, 1.165) is 0 Å². The second-order valence-electron chi connectivity index (χ2n) is 5.84. The molecule has 2 aromatic carbocycles. The molecule has 0 radical (unpaired) electrons. The molecule has 9 heteroatoms. The minimum atomic E-state index is -3.70. The summed E-state index contributed by atoms with van der Waals surface area (Å²) in [5, 5.41) is 5.29. The van der Waals surface area contributed by atoms with Crippen LogP contribution in [0.4, 0.5) is 10.1 Å². The van der Waals surface area contributed by atoms with Crippen LogP contribution in [0.2, 0.25) is 0 Å². The first kappa shape index (κ1) is 22.4. The summed E-state index contributed by atoms with van der Waals surface area (Å²) in [6.45, 7) is 7.46. The monoisotopic (exact) mass is 433 g/mol. The van der Waals surface area contributed by atoms with Gasteiger partial charge in [-0.15, -0.1) is 13.2 Å². The molecular weight excluding hydrogens is 413 g/mol. The molecule has 2 rings (SSSR count). The van der Waals surface area contributed by atoms with Crippen LogP contribution >= 0.6 is 12.2 Å². The van der Waals surface area contributed by atoms with Crippen LogP contribution in [-0.4, -0.2) is 36.8 Å². The van der Waals surface area contributed by atoms with Gasteiger partial charge in [0.15, 0.2) is 5.11 Å². The predicted octanol–water partition coefficient (Wildman–Crippen LogP) is 3.32. The van der Waals surface area contributed by atoms with Gasteiger partial charge in [-0.3, -0.25) is 10.1 Å². The number of hydrogen-bond acceptors (Lipinski definition) is 4. The van der Waals surface area contributed by atoms with Crippen LogP contribution in [0.3, 0.4) is 0 Å². The van der Waals surface area contributed by atoms with Crippen molar-refractivity contribution in [2.75, 3.05) is 18.4 Å². The van der Waals surface area contributed by atoms with Crippen LogP contribution in [0.15, 0.2) is 78.7 Å². The Morgan fingerprint density at radius 3 is 2.10 bits per heavy atom. The van der Waals surface area contributed by atoms with Crippen molar-refractivity contribution in [3.8, 4) is 0 Å². The Kier molecular flexibility index (Phi) is 7.77. The normalized spacial score (nSPS) is 11.0. The fourth-order valence-corrected chi connectivity index (χ4v) is 3.95. The number of hydrogen-bond donors (Lipinski definition) is 2. The third-order valence-corrected chi connectivity index (χ3v) is 5.80. The van der Waals surface area contributed by atoms with Gasteiger partial charge < -0.3 is 5.32 Å². The van der Waals surface area contributed by atoms with Crippen LogP contribution in [0.25, 0.3) is 0 Å². The van der Waals surface area contributed by atoms with E-state index in [2.05, 4.69) is 23.8 Å². The molecule has 0 fully saturated rings. The van der Waals surface area contributed by atoms with Crippen LogP contribution in [0, 0.1) is 5.82 Å². The zero-order valence-electron chi connectivity index (χ0n) is 15.5. The van der Waals surface area contributed by atoms with Crippen molar-refractivity contribution in [3.63, 3.8) is 0 Å². The van der Waals surface area contributed by atoms with Crippen molar-refractivity contribution in [3.05, 3.63) is 85.2 Å². The van der Waals surface area contributed by atoms with Gasteiger partial charge in [0.2, 0.25) is 10.0 Å². The number of thiocarbonyl (C=S) groups is 1. The smallest absolute Gasteiger partial charge is 0.257 e. The molecule has 29 heavy (non-hydrogen) atoms. The summed E-state index contributed by atoms with van der Waals surface area (Å²) in [5.74, 6) is -0.941. The number of sulfonamides is 1. The Labute approximate surface area is 174 Å². The van der Waals surface area contributed by atoms with Crippen molar-refractivity contribution in [1.29, 1.82) is 0 Å². The molecule has 2 N–H and O–H groups in total. The molecular formula is C20H20FN3O3S2. The Bertz CT molecular complexity index is 994. The van der Waals surface area contributed by atoms with Crippen LogP contribution in [-0.2, 0) is 10.0 Å². The minimum Gasteiger partial charge on any atom is -0.332 e. The third-order valence-electron chi connectivity index (χ3n) is 3.75. The topological polar surface area (TPSA) is 78.5 Å². The molecule has 2 aromatic rings. The second-order valence-corrected chi connectivity index (χ2v) is 8.19. The minimum absolute atomic E-state index is 0.0230. The lowest BCUT2D eigenvalue weighted by Gasteiger charge is -2.19. The molecule has 0 bridgehead atoms. The average Bonchev–Trinajstić information content (AvgIpc) is 2.68. The van der Waals surface area contributed by atoms with E-state index in [-0.39, 0.29) is 28.7 Å². The van der Waals surface area contributed by atoms with Crippen molar-refractivity contribution >= 4 is 38.9 Å². The number of nitrogens with one attached hydrogen (secondary N) is 2. The number of amides is 1. The molecule has 0 aliphatic heterocycles. The van der Waals surface area contributed by atoms with Gasteiger partial charge in [0.25, 0.3) is 5.91 Å². The Hall–Kier alpha value is -2.88. The molecule has 0 spiro atoms. The first-order chi connectivity index (χ1) is 13.8. The van der Waals surface area contributed by atoms with Gasteiger partial charge in [0, 0.05) is 24.3 Å². The summed E-state index contributed by atoms with van der Waals surface area (Å²) in [6.07, 6.45) is 3.00. The number of rotatable bonds is 8. The largest absolute Gasteiger partial charge is 0.332 e. The Balaban J connectivity index is 2.05. The van der Waals surface area contributed by atoms with E-state index in [1.165, 1.54) is 65.0 Å². The van der Waals surface area contributed by atoms with Crippen molar-refractivity contribution < 1.29 is 17.6 Å². The average molecular weight is 434 g/mol. The van der Waals surface area contributed by atoms with E-state index in [1.807, 2.05) is 0 Å². The van der Waals surface area contributed by atoms with E-state index in [1.54, 1.807) is 0 Å². The fraction of sp³-hybridized carbons (Fsp3) is 0.100. The summed E-state index contributed by atoms with van der Waals surface area (Å²) in [5.41, 5.74) is 0.744. The lowest BCUT2D eigenvalue weighted by molar-refractivity contribution is 0.0977. The fourth-order valence-electron chi connectivity index (χ4n) is 2.36. The molecule has 6 nitrogen and oxygen atoms in total. The van der Waals surface area contributed by atoms with Gasteiger partial charge in [0.1, 0.15) is 5.82 Å². The van der Waals surface area contributed by atoms with Gasteiger partial charge >= 0.3 is 0 Å². The lowest BCUT2D eigenvalue weighted by atomic mass is 10.2. The van der Waals surface area contributed by atoms with E-state index in [0.29, 0.717) is 5.69 Å². The number of carbonyl (C=O) groups excluding carboxylic acids is 1. The number of benzene rings is 2. The Morgan fingerprint density at radius 1 is 1.03 bits per heavy atom. The summed E-state index contributed by atoms with van der Waals surface area (Å²) in [6, 6.07) is 10.9. The highest BCUT2D eigenvalue weighted by molar-refractivity contribution is 7.89. The molecule has 152 valence electrons.